The zero-order valence-electron chi connectivity index (χ0n) is 11.9. The van der Waals surface area contributed by atoms with Crippen molar-refractivity contribution >= 4 is 22.4 Å². The fourth-order valence-corrected chi connectivity index (χ4v) is 3.42. The van der Waals surface area contributed by atoms with Gasteiger partial charge in [0.15, 0.2) is 0 Å². The summed E-state index contributed by atoms with van der Waals surface area (Å²) in [5.74, 6) is 0.571. The molecule has 0 radical (unpaired) electrons. The topological polar surface area (TPSA) is 21.3 Å². The molecule has 3 rings (SSSR count). The van der Waals surface area contributed by atoms with Crippen molar-refractivity contribution in [3.8, 4) is 0 Å². The maximum absolute atomic E-state index is 6.31. The van der Waals surface area contributed by atoms with E-state index in [2.05, 4.69) is 36.5 Å². The molecule has 1 aliphatic rings. The summed E-state index contributed by atoms with van der Waals surface area (Å²) in [6, 6.07) is 12.6. The lowest BCUT2D eigenvalue weighted by atomic mass is 9.89. The molecular formula is C17H20ClNO. The molecule has 2 aromatic carbocycles. The quantitative estimate of drug-likeness (QED) is 0.915. The standard InChI is InChI=1S/C17H20ClNO/c1-11-9-10-20-17(11)16(19-2)14-7-8-15(18)13-6-4-3-5-12(13)14/h3-8,11,16-17,19H,9-10H2,1-2H3. The first kappa shape index (κ1) is 13.9. The van der Waals surface area contributed by atoms with E-state index < -0.39 is 0 Å². The van der Waals surface area contributed by atoms with E-state index in [-0.39, 0.29) is 12.1 Å². The van der Waals surface area contributed by atoms with Crippen LogP contribution in [0, 0.1) is 5.92 Å². The normalized spacial score (nSPS) is 24.1. The van der Waals surface area contributed by atoms with E-state index in [4.69, 9.17) is 16.3 Å². The summed E-state index contributed by atoms with van der Waals surface area (Å²) in [4.78, 5) is 0. The second-order valence-corrected chi connectivity index (χ2v) is 5.96. The molecule has 0 aromatic heterocycles. The Kier molecular flexibility index (Phi) is 3.97. The van der Waals surface area contributed by atoms with Crippen molar-refractivity contribution in [2.45, 2.75) is 25.5 Å². The van der Waals surface area contributed by atoms with Crippen LogP contribution in [0.2, 0.25) is 5.02 Å². The van der Waals surface area contributed by atoms with Gasteiger partial charge in [0.05, 0.1) is 12.1 Å². The first-order valence-electron chi connectivity index (χ1n) is 7.18. The molecule has 2 aromatic rings. The van der Waals surface area contributed by atoms with Crippen LogP contribution in [0.3, 0.4) is 0 Å². The number of nitrogens with one attached hydrogen (secondary N) is 1. The zero-order chi connectivity index (χ0) is 14.1. The Morgan fingerprint density at radius 3 is 2.60 bits per heavy atom. The summed E-state index contributed by atoms with van der Waals surface area (Å²) in [5.41, 5.74) is 1.27. The van der Waals surface area contributed by atoms with Crippen LogP contribution in [0.15, 0.2) is 36.4 Å². The van der Waals surface area contributed by atoms with E-state index in [1.807, 2.05) is 19.2 Å². The van der Waals surface area contributed by atoms with Crippen molar-refractivity contribution in [2.24, 2.45) is 5.92 Å². The number of fused-ring (bicyclic) bond motifs is 1. The number of ether oxygens (including phenoxy) is 1. The summed E-state index contributed by atoms with van der Waals surface area (Å²) in [5, 5.41) is 6.56. The lowest BCUT2D eigenvalue weighted by Gasteiger charge is -2.27. The Balaban J connectivity index is 2.10. The summed E-state index contributed by atoms with van der Waals surface area (Å²) in [6.45, 7) is 3.12. The molecule has 2 nitrogen and oxygen atoms in total. The van der Waals surface area contributed by atoms with Gasteiger partial charge in [0, 0.05) is 17.0 Å². The summed E-state index contributed by atoms with van der Waals surface area (Å²) in [7, 11) is 2.00. The van der Waals surface area contributed by atoms with Crippen LogP contribution in [0.25, 0.3) is 10.8 Å². The molecule has 0 spiro atoms. The van der Waals surface area contributed by atoms with Crippen molar-refractivity contribution in [3.63, 3.8) is 0 Å². The SMILES string of the molecule is CNC(c1ccc(Cl)c2ccccc12)C1OCCC1C. The first-order valence-corrected chi connectivity index (χ1v) is 7.56. The molecule has 3 heteroatoms. The molecule has 1 fully saturated rings. The average molecular weight is 290 g/mol. The van der Waals surface area contributed by atoms with Gasteiger partial charge in [-0.05, 0) is 36.4 Å². The number of benzene rings is 2. The molecule has 0 aliphatic carbocycles. The van der Waals surface area contributed by atoms with E-state index in [1.165, 1.54) is 10.9 Å². The molecular weight excluding hydrogens is 270 g/mol. The molecule has 1 heterocycles. The first-order chi connectivity index (χ1) is 9.72. The molecule has 1 N–H and O–H groups in total. The van der Waals surface area contributed by atoms with Gasteiger partial charge in [0.2, 0.25) is 0 Å². The monoisotopic (exact) mass is 289 g/mol. The highest BCUT2D eigenvalue weighted by molar-refractivity contribution is 6.35. The van der Waals surface area contributed by atoms with Gasteiger partial charge in [0.25, 0.3) is 0 Å². The summed E-state index contributed by atoms with van der Waals surface area (Å²) in [6.07, 6.45) is 1.36. The van der Waals surface area contributed by atoms with Gasteiger partial charge in [-0.25, -0.2) is 0 Å². The molecule has 1 aliphatic heterocycles. The Morgan fingerprint density at radius 1 is 1.20 bits per heavy atom. The summed E-state index contributed by atoms with van der Waals surface area (Å²) >= 11 is 6.31. The van der Waals surface area contributed by atoms with E-state index in [0.29, 0.717) is 5.92 Å². The van der Waals surface area contributed by atoms with Gasteiger partial charge < -0.3 is 10.1 Å². The zero-order valence-corrected chi connectivity index (χ0v) is 12.7. The number of halogens is 1. The van der Waals surface area contributed by atoms with Crippen LogP contribution in [0.1, 0.15) is 24.9 Å². The Morgan fingerprint density at radius 2 is 1.95 bits per heavy atom. The molecule has 1 saturated heterocycles. The van der Waals surface area contributed by atoms with Crippen molar-refractivity contribution in [1.29, 1.82) is 0 Å². The van der Waals surface area contributed by atoms with Gasteiger partial charge in [-0.3, -0.25) is 0 Å². The number of likely N-dealkylation sites (N-methyl/N-ethyl adjacent to an activating group) is 1. The molecule has 3 atom stereocenters. The van der Waals surface area contributed by atoms with Gasteiger partial charge in [-0.2, -0.15) is 0 Å². The fourth-order valence-electron chi connectivity index (χ4n) is 3.20. The van der Waals surface area contributed by atoms with Crippen molar-refractivity contribution < 1.29 is 4.74 Å². The van der Waals surface area contributed by atoms with Gasteiger partial charge in [-0.15, -0.1) is 0 Å². The molecule has 3 unspecified atom stereocenters. The fraction of sp³-hybridized carbons (Fsp3) is 0.412. The van der Waals surface area contributed by atoms with Gasteiger partial charge in [-0.1, -0.05) is 48.9 Å². The van der Waals surface area contributed by atoms with Crippen molar-refractivity contribution in [1.82, 2.24) is 5.32 Å². The van der Waals surface area contributed by atoms with E-state index >= 15 is 0 Å². The molecule has 0 saturated carbocycles. The highest BCUT2D eigenvalue weighted by Crippen LogP contribution is 2.36. The van der Waals surface area contributed by atoms with Crippen LogP contribution in [-0.4, -0.2) is 19.8 Å². The maximum atomic E-state index is 6.31. The highest BCUT2D eigenvalue weighted by atomic mass is 35.5. The third-order valence-corrected chi connectivity index (χ3v) is 4.65. The minimum atomic E-state index is 0.203. The van der Waals surface area contributed by atoms with Crippen molar-refractivity contribution in [2.75, 3.05) is 13.7 Å². The Bertz CT molecular complexity index is 613. The third-order valence-electron chi connectivity index (χ3n) is 4.32. The largest absolute Gasteiger partial charge is 0.376 e. The predicted molar refractivity (Wildman–Crippen MR) is 84.3 cm³/mol. The minimum Gasteiger partial charge on any atom is -0.376 e. The Hall–Kier alpha value is -1.09. The minimum absolute atomic E-state index is 0.203. The lowest BCUT2D eigenvalue weighted by Crippen LogP contribution is -2.32. The second-order valence-electron chi connectivity index (χ2n) is 5.55. The van der Waals surface area contributed by atoms with Gasteiger partial charge >= 0.3 is 0 Å². The smallest absolute Gasteiger partial charge is 0.0796 e. The number of hydrogen-bond acceptors (Lipinski definition) is 2. The lowest BCUT2D eigenvalue weighted by molar-refractivity contribution is 0.0635. The van der Waals surface area contributed by atoms with E-state index in [1.54, 1.807) is 0 Å². The van der Waals surface area contributed by atoms with Gasteiger partial charge in [0.1, 0.15) is 0 Å². The van der Waals surface area contributed by atoms with E-state index in [0.717, 1.165) is 23.4 Å². The van der Waals surface area contributed by atoms with Crippen molar-refractivity contribution in [3.05, 3.63) is 47.0 Å². The third kappa shape index (κ3) is 2.32. The predicted octanol–water partition coefficient (Wildman–Crippen LogP) is 4.18. The molecule has 0 amide bonds. The van der Waals surface area contributed by atoms with Crippen LogP contribution >= 0.6 is 11.6 Å². The van der Waals surface area contributed by atoms with E-state index in [9.17, 15) is 0 Å². The number of rotatable bonds is 3. The summed E-state index contributed by atoms with van der Waals surface area (Å²) < 4.78 is 5.96. The number of hydrogen-bond donors (Lipinski definition) is 1. The molecule has 20 heavy (non-hydrogen) atoms. The van der Waals surface area contributed by atoms with Crippen LogP contribution in [0.5, 0.6) is 0 Å². The molecule has 0 bridgehead atoms. The maximum Gasteiger partial charge on any atom is 0.0796 e. The second kappa shape index (κ2) is 5.72. The van der Waals surface area contributed by atoms with Crippen LogP contribution in [0.4, 0.5) is 0 Å². The van der Waals surface area contributed by atoms with Crippen LogP contribution < -0.4 is 5.32 Å². The molecule has 106 valence electrons. The average Bonchev–Trinajstić information content (AvgIpc) is 2.89. The highest BCUT2D eigenvalue weighted by Gasteiger charge is 2.32. The van der Waals surface area contributed by atoms with Crippen LogP contribution in [-0.2, 0) is 4.74 Å². The Labute approximate surface area is 125 Å².